The van der Waals surface area contributed by atoms with Crippen molar-refractivity contribution in [3.05, 3.63) is 24.2 Å². The minimum Gasteiger partial charge on any atom is -0.378 e. The van der Waals surface area contributed by atoms with Crippen LogP contribution in [0, 0.1) is 6.92 Å². The van der Waals surface area contributed by atoms with Crippen LogP contribution in [0.2, 0.25) is 0 Å². The summed E-state index contributed by atoms with van der Waals surface area (Å²) >= 11 is 0. The third kappa shape index (κ3) is 2.66. The van der Waals surface area contributed by atoms with Crippen molar-refractivity contribution in [2.24, 2.45) is 0 Å². The van der Waals surface area contributed by atoms with Crippen molar-refractivity contribution in [1.82, 2.24) is 19.6 Å². The van der Waals surface area contributed by atoms with Crippen LogP contribution >= 0.6 is 0 Å². The van der Waals surface area contributed by atoms with Gasteiger partial charge < -0.3 is 14.5 Å². The van der Waals surface area contributed by atoms with E-state index in [1.54, 1.807) is 20.4 Å². The molecule has 2 aromatic heterocycles. The number of hydrogen-bond acceptors (Lipinski definition) is 5. The summed E-state index contributed by atoms with van der Waals surface area (Å²) < 4.78 is 7.42. The lowest BCUT2D eigenvalue weighted by molar-refractivity contribution is -0.0985. The molecule has 0 spiro atoms. The minimum atomic E-state index is -0.101. The lowest BCUT2D eigenvalue weighted by Crippen LogP contribution is -2.31. The average Bonchev–Trinajstić information content (AvgIpc) is 2.64. The molecule has 0 fully saturated rings. The maximum absolute atomic E-state index is 9.28. The molecule has 0 unspecified atom stereocenters. The largest absolute Gasteiger partial charge is 0.378 e. The molecule has 0 saturated carbocycles. The number of aromatic nitrogens is 3. The van der Waals surface area contributed by atoms with Crippen molar-refractivity contribution in [3.8, 4) is 0 Å². The maximum Gasteiger partial charge on any atom is 0.177 e. The fraction of sp³-hybridized carbons (Fsp3) is 0.500. The molecule has 6 nitrogen and oxygen atoms in total. The van der Waals surface area contributed by atoms with E-state index in [0.717, 1.165) is 22.1 Å². The molecule has 0 bridgehead atoms. The van der Waals surface area contributed by atoms with Crippen LogP contribution in [0.25, 0.3) is 11.2 Å². The van der Waals surface area contributed by atoms with E-state index in [1.807, 2.05) is 19.1 Å². The van der Waals surface area contributed by atoms with Crippen LogP contribution in [0.3, 0.4) is 0 Å². The Bertz CT molecular complexity index is 524. The fourth-order valence-electron chi connectivity index (χ4n) is 2.01. The Kier molecular flexibility index (Phi) is 3.90. The molecule has 0 radical (unpaired) electrons. The summed E-state index contributed by atoms with van der Waals surface area (Å²) in [5.41, 5.74) is 1.72. The Labute approximate surface area is 106 Å². The van der Waals surface area contributed by atoms with Gasteiger partial charge in [-0.05, 0) is 19.1 Å². The quantitative estimate of drug-likeness (QED) is 0.804. The summed E-state index contributed by atoms with van der Waals surface area (Å²) in [6, 6.07) is 3.87. The molecule has 0 aliphatic heterocycles. The molecule has 0 aromatic carbocycles. The van der Waals surface area contributed by atoms with Gasteiger partial charge in [0.25, 0.3) is 0 Å². The Balaban J connectivity index is 2.27. The van der Waals surface area contributed by atoms with E-state index in [0.29, 0.717) is 13.1 Å². The summed E-state index contributed by atoms with van der Waals surface area (Å²) in [6.07, 6.45) is 1.63. The molecule has 2 aromatic rings. The summed E-state index contributed by atoms with van der Waals surface area (Å²) in [6.45, 7) is 3.02. The lowest BCUT2D eigenvalue weighted by atomic mass is 10.3. The van der Waals surface area contributed by atoms with Crippen LogP contribution in [0.1, 0.15) is 5.82 Å². The highest BCUT2D eigenvalue weighted by Crippen LogP contribution is 2.14. The molecule has 2 heterocycles. The summed E-state index contributed by atoms with van der Waals surface area (Å²) in [5, 5.41) is 10.4. The Morgan fingerprint density at radius 3 is 3.00 bits per heavy atom. The van der Waals surface area contributed by atoms with Gasteiger partial charge in [0.05, 0.1) is 24.7 Å². The van der Waals surface area contributed by atoms with Crippen LogP contribution in [-0.4, -0.2) is 51.6 Å². The van der Waals surface area contributed by atoms with Gasteiger partial charge in [-0.1, -0.05) is 0 Å². The number of methoxy groups -OCH3 is 1. The second-order valence-corrected chi connectivity index (χ2v) is 4.31. The van der Waals surface area contributed by atoms with E-state index in [1.165, 1.54) is 0 Å². The second kappa shape index (κ2) is 5.43. The number of aryl methyl sites for hydroxylation is 1. The van der Waals surface area contributed by atoms with Crippen molar-refractivity contribution in [3.63, 3.8) is 0 Å². The topological polar surface area (TPSA) is 63.4 Å². The number of hydroxylamine groups is 2. The van der Waals surface area contributed by atoms with Gasteiger partial charge in [0.1, 0.15) is 5.82 Å². The van der Waals surface area contributed by atoms with Crippen LogP contribution in [0.15, 0.2) is 18.3 Å². The smallest absolute Gasteiger partial charge is 0.177 e. The number of hydrogen-bond donors (Lipinski definition) is 1. The van der Waals surface area contributed by atoms with Crippen molar-refractivity contribution in [1.29, 1.82) is 0 Å². The average molecular weight is 250 g/mol. The normalized spacial score (nSPS) is 13.4. The zero-order chi connectivity index (χ0) is 13.1. The van der Waals surface area contributed by atoms with E-state index in [2.05, 4.69) is 14.5 Å². The first kappa shape index (κ1) is 12.9. The van der Waals surface area contributed by atoms with E-state index in [9.17, 15) is 5.21 Å². The van der Waals surface area contributed by atoms with Crippen molar-refractivity contribution >= 4 is 11.2 Å². The SMILES string of the molecule is CO[C@@H](CN(C)O)Cn1c(C)nc2ncccc21. The Morgan fingerprint density at radius 1 is 1.56 bits per heavy atom. The van der Waals surface area contributed by atoms with Gasteiger partial charge in [-0.15, -0.1) is 0 Å². The lowest BCUT2D eigenvalue weighted by Gasteiger charge is -2.20. The molecule has 0 saturated heterocycles. The molecule has 2 rings (SSSR count). The fourth-order valence-corrected chi connectivity index (χ4v) is 2.01. The van der Waals surface area contributed by atoms with Crippen LogP contribution < -0.4 is 0 Å². The standard InChI is InChI=1S/C12H18N4O2/c1-9-14-12-11(5-4-6-13-12)16(9)8-10(18-3)7-15(2)17/h4-6,10,17H,7-8H2,1-3H3/t10-/m0/s1. The number of rotatable bonds is 5. The minimum absolute atomic E-state index is 0.101. The van der Waals surface area contributed by atoms with E-state index < -0.39 is 0 Å². The molecule has 6 heteroatoms. The van der Waals surface area contributed by atoms with Gasteiger partial charge in [0.15, 0.2) is 5.65 Å². The van der Waals surface area contributed by atoms with Gasteiger partial charge in [-0.2, -0.15) is 5.06 Å². The molecular weight excluding hydrogens is 232 g/mol. The van der Waals surface area contributed by atoms with Crippen LogP contribution in [0.5, 0.6) is 0 Å². The molecular formula is C12H18N4O2. The van der Waals surface area contributed by atoms with Crippen molar-refractivity contribution in [2.75, 3.05) is 20.7 Å². The molecule has 98 valence electrons. The number of likely N-dealkylation sites (N-methyl/N-ethyl adjacent to an activating group) is 1. The molecule has 1 atom stereocenters. The van der Waals surface area contributed by atoms with Gasteiger partial charge in [-0.25, -0.2) is 9.97 Å². The van der Waals surface area contributed by atoms with Crippen molar-refractivity contribution in [2.45, 2.75) is 19.6 Å². The molecule has 0 aliphatic carbocycles. The molecule has 18 heavy (non-hydrogen) atoms. The molecule has 1 N–H and O–H groups in total. The Morgan fingerprint density at radius 2 is 2.33 bits per heavy atom. The number of nitrogens with zero attached hydrogens (tertiary/aromatic N) is 4. The van der Waals surface area contributed by atoms with Gasteiger partial charge in [-0.3, -0.25) is 0 Å². The zero-order valence-corrected chi connectivity index (χ0v) is 10.9. The summed E-state index contributed by atoms with van der Waals surface area (Å²) in [7, 11) is 3.24. The molecule has 0 amide bonds. The first-order chi connectivity index (χ1) is 8.61. The maximum atomic E-state index is 9.28. The highest BCUT2D eigenvalue weighted by Gasteiger charge is 2.15. The monoisotopic (exact) mass is 250 g/mol. The van der Waals surface area contributed by atoms with E-state index in [4.69, 9.17) is 4.74 Å². The first-order valence-corrected chi connectivity index (χ1v) is 5.82. The third-order valence-electron chi connectivity index (χ3n) is 2.90. The second-order valence-electron chi connectivity index (χ2n) is 4.31. The summed E-state index contributed by atoms with van der Waals surface area (Å²) in [5.74, 6) is 0.895. The van der Waals surface area contributed by atoms with E-state index in [-0.39, 0.29) is 6.10 Å². The third-order valence-corrected chi connectivity index (χ3v) is 2.90. The number of pyridine rings is 1. The Hall–Kier alpha value is -1.50. The van der Waals surface area contributed by atoms with Gasteiger partial charge >= 0.3 is 0 Å². The zero-order valence-electron chi connectivity index (χ0n) is 10.9. The molecule has 0 aliphatic rings. The van der Waals surface area contributed by atoms with Crippen molar-refractivity contribution < 1.29 is 9.94 Å². The predicted molar refractivity (Wildman–Crippen MR) is 67.5 cm³/mol. The van der Waals surface area contributed by atoms with Crippen LogP contribution in [-0.2, 0) is 11.3 Å². The first-order valence-electron chi connectivity index (χ1n) is 5.82. The number of imidazole rings is 1. The van der Waals surface area contributed by atoms with Crippen LogP contribution in [0.4, 0.5) is 0 Å². The van der Waals surface area contributed by atoms with Gasteiger partial charge in [0, 0.05) is 20.4 Å². The van der Waals surface area contributed by atoms with E-state index >= 15 is 0 Å². The highest BCUT2D eigenvalue weighted by atomic mass is 16.5. The predicted octanol–water partition coefficient (Wildman–Crippen LogP) is 1.08. The number of ether oxygens (including phenoxy) is 1. The highest BCUT2D eigenvalue weighted by molar-refractivity contribution is 5.71. The van der Waals surface area contributed by atoms with Gasteiger partial charge in [0.2, 0.25) is 0 Å². The number of fused-ring (bicyclic) bond motifs is 1. The summed E-state index contributed by atoms with van der Waals surface area (Å²) in [4.78, 5) is 8.62.